The van der Waals surface area contributed by atoms with Crippen molar-refractivity contribution in [1.29, 1.82) is 0 Å². The average Bonchev–Trinajstić information content (AvgIpc) is 3.34. The van der Waals surface area contributed by atoms with E-state index in [1.54, 1.807) is 6.20 Å². The van der Waals surface area contributed by atoms with Crippen LogP contribution in [0.25, 0.3) is 10.9 Å². The van der Waals surface area contributed by atoms with Crippen molar-refractivity contribution < 1.29 is 4.79 Å². The van der Waals surface area contributed by atoms with Crippen molar-refractivity contribution in [3.63, 3.8) is 0 Å². The summed E-state index contributed by atoms with van der Waals surface area (Å²) in [6.07, 6.45) is 9.30. The van der Waals surface area contributed by atoms with Gasteiger partial charge in [-0.15, -0.1) is 0 Å². The Balaban J connectivity index is 1.46. The molecule has 2 atom stereocenters. The molecule has 1 saturated carbocycles. The molecule has 5 rings (SSSR count). The Labute approximate surface area is 196 Å². The highest BCUT2D eigenvalue weighted by atomic mass is 16.1. The molecule has 2 aromatic heterocycles. The number of hydrogen-bond acceptors (Lipinski definition) is 4. The van der Waals surface area contributed by atoms with Crippen molar-refractivity contribution in [2.45, 2.75) is 57.5 Å². The number of fused-ring (bicyclic) bond motifs is 1. The second kappa shape index (κ2) is 9.27. The molecule has 1 saturated heterocycles. The lowest BCUT2D eigenvalue weighted by molar-refractivity contribution is -0.120. The van der Waals surface area contributed by atoms with Crippen LogP contribution in [0.15, 0.2) is 48.8 Å². The van der Waals surface area contributed by atoms with E-state index in [9.17, 15) is 4.79 Å². The van der Waals surface area contributed by atoms with Crippen LogP contribution < -0.4 is 10.6 Å². The van der Waals surface area contributed by atoms with E-state index in [4.69, 9.17) is 0 Å². The molecular formula is C27H35N5O. The van der Waals surface area contributed by atoms with E-state index in [-0.39, 0.29) is 23.4 Å². The number of H-pyrrole nitrogens is 1. The summed E-state index contributed by atoms with van der Waals surface area (Å²) in [6.45, 7) is 7.30. The predicted octanol–water partition coefficient (Wildman–Crippen LogP) is 4.96. The summed E-state index contributed by atoms with van der Waals surface area (Å²) in [4.78, 5) is 23.5. The first kappa shape index (κ1) is 22.1. The van der Waals surface area contributed by atoms with E-state index in [1.807, 2.05) is 12.3 Å². The fraction of sp³-hybridized carbons (Fsp3) is 0.481. The third-order valence-electron chi connectivity index (χ3n) is 7.78. The summed E-state index contributed by atoms with van der Waals surface area (Å²) in [7, 11) is 0. The molecule has 6 heteroatoms. The Morgan fingerprint density at radius 1 is 1.18 bits per heavy atom. The molecule has 174 valence electrons. The molecule has 3 aromatic rings. The number of aromatic amines is 1. The monoisotopic (exact) mass is 445 g/mol. The SMILES string of the molecule is CC(c1cccnc1NC(=O)C1CCCCC1)N1CCNCC1(C)c1cccc2[nH]ccc12. The Hall–Kier alpha value is -2.70. The summed E-state index contributed by atoms with van der Waals surface area (Å²) in [6, 6.07) is 12.9. The topological polar surface area (TPSA) is 73.1 Å². The molecule has 2 fully saturated rings. The summed E-state index contributed by atoms with van der Waals surface area (Å²) in [5.74, 6) is 0.947. The average molecular weight is 446 g/mol. The molecule has 1 aromatic carbocycles. The number of carbonyl (C=O) groups is 1. The molecular weight excluding hydrogens is 410 g/mol. The van der Waals surface area contributed by atoms with E-state index in [0.29, 0.717) is 5.82 Å². The molecule has 6 nitrogen and oxygen atoms in total. The molecule has 1 aliphatic heterocycles. The van der Waals surface area contributed by atoms with Gasteiger partial charge in [-0.3, -0.25) is 9.69 Å². The zero-order valence-corrected chi connectivity index (χ0v) is 19.7. The number of carbonyl (C=O) groups excluding carboxylic acids is 1. The Morgan fingerprint density at radius 3 is 2.88 bits per heavy atom. The van der Waals surface area contributed by atoms with Gasteiger partial charge >= 0.3 is 0 Å². The van der Waals surface area contributed by atoms with Crippen LogP contribution in [0.3, 0.4) is 0 Å². The molecule has 3 heterocycles. The van der Waals surface area contributed by atoms with Gasteiger partial charge in [0.2, 0.25) is 5.91 Å². The van der Waals surface area contributed by atoms with Crippen LogP contribution in [0.4, 0.5) is 5.82 Å². The molecule has 33 heavy (non-hydrogen) atoms. The molecule has 2 aliphatic rings. The number of aromatic nitrogens is 2. The van der Waals surface area contributed by atoms with Gasteiger partial charge in [-0.1, -0.05) is 37.5 Å². The first-order chi connectivity index (χ1) is 16.1. The lowest BCUT2D eigenvalue weighted by atomic mass is 9.84. The zero-order valence-electron chi connectivity index (χ0n) is 19.7. The molecule has 1 aliphatic carbocycles. The Kier molecular flexibility index (Phi) is 6.21. The third kappa shape index (κ3) is 4.18. The van der Waals surface area contributed by atoms with Crippen LogP contribution in [-0.2, 0) is 10.3 Å². The van der Waals surface area contributed by atoms with Crippen LogP contribution in [0.2, 0.25) is 0 Å². The van der Waals surface area contributed by atoms with E-state index < -0.39 is 0 Å². The van der Waals surface area contributed by atoms with Gasteiger partial charge < -0.3 is 15.6 Å². The van der Waals surface area contributed by atoms with Crippen molar-refractivity contribution >= 4 is 22.6 Å². The fourth-order valence-corrected chi connectivity index (χ4v) is 5.92. The number of piperazine rings is 1. The number of amides is 1. The Morgan fingerprint density at radius 2 is 2.03 bits per heavy atom. The molecule has 1 amide bonds. The van der Waals surface area contributed by atoms with Crippen LogP contribution in [0.1, 0.15) is 63.1 Å². The molecule has 0 bridgehead atoms. The molecule has 2 unspecified atom stereocenters. The lowest BCUT2D eigenvalue weighted by Crippen LogP contribution is -2.58. The van der Waals surface area contributed by atoms with Crippen LogP contribution >= 0.6 is 0 Å². The summed E-state index contributed by atoms with van der Waals surface area (Å²) in [5.41, 5.74) is 3.36. The van der Waals surface area contributed by atoms with Gasteiger partial charge in [0.25, 0.3) is 0 Å². The summed E-state index contributed by atoms with van der Waals surface area (Å²) in [5, 5.41) is 8.08. The highest BCUT2D eigenvalue weighted by molar-refractivity contribution is 5.92. The highest BCUT2D eigenvalue weighted by Gasteiger charge is 2.40. The van der Waals surface area contributed by atoms with Crippen molar-refractivity contribution in [1.82, 2.24) is 20.2 Å². The van der Waals surface area contributed by atoms with Crippen molar-refractivity contribution in [2.24, 2.45) is 5.92 Å². The second-order valence-corrected chi connectivity index (χ2v) is 9.83. The van der Waals surface area contributed by atoms with Gasteiger partial charge in [0.1, 0.15) is 5.82 Å². The van der Waals surface area contributed by atoms with Gasteiger partial charge in [0, 0.05) is 60.5 Å². The third-order valence-corrected chi connectivity index (χ3v) is 7.78. The number of hydrogen-bond donors (Lipinski definition) is 3. The molecule has 0 radical (unpaired) electrons. The molecule has 0 spiro atoms. The Bertz CT molecular complexity index is 1120. The summed E-state index contributed by atoms with van der Waals surface area (Å²) < 4.78 is 0. The number of rotatable bonds is 5. The van der Waals surface area contributed by atoms with Gasteiger partial charge in [0.05, 0.1) is 5.54 Å². The predicted molar refractivity (Wildman–Crippen MR) is 133 cm³/mol. The maximum absolute atomic E-state index is 13.0. The standard InChI is InChI=1S/C27H35N5O/c1-19(21-10-7-14-30-25(21)31-26(33)20-8-4-3-5-9-20)32-17-16-28-18-27(32,2)23-11-6-12-24-22(23)13-15-29-24/h6-7,10-15,19-20,28-29H,3-5,8-9,16-18H2,1-2H3,(H,30,31,33). The highest BCUT2D eigenvalue weighted by Crippen LogP contribution is 2.40. The van der Waals surface area contributed by atoms with E-state index in [0.717, 1.165) is 56.4 Å². The van der Waals surface area contributed by atoms with Gasteiger partial charge in [0.15, 0.2) is 0 Å². The van der Waals surface area contributed by atoms with E-state index in [2.05, 4.69) is 69.7 Å². The van der Waals surface area contributed by atoms with Crippen molar-refractivity contribution in [3.8, 4) is 0 Å². The van der Waals surface area contributed by atoms with Crippen LogP contribution in [0.5, 0.6) is 0 Å². The van der Waals surface area contributed by atoms with Crippen molar-refractivity contribution in [3.05, 3.63) is 59.9 Å². The number of nitrogens with zero attached hydrogens (tertiary/aromatic N) is 2. The smallest absolute Gasteiger partial charge is 0.228 e. The lowest BCUT2D eigenvalue weighted by Gasteiger charge is -2.49. The normalized spacial score (nSPS) is 23.5. The van der Waals surface area contributed by atoms with E-state index >= 15 is 0 Å². The first-order valence-corrected chi connectivity index (χ1v) is 12.4. The number of anilines is 1. The number of pyridine rings is 1. The van der Waals surface area contributed by atoms with Gasteiger partial charge in [-0.05, 0) is 50.5 Å². The second-order valence-electron chi connectivity index (χ2n) is 9.83. The van der Waals surface area contributed by atoms with Gasteiger partial charge in [-0.2, -0.15) is 0 Å². The number of benzene rings is 1. The zero-order chi connectivity index (χ0) is 22.8. The first-order valence-electron chi connectivity index (χ1n) is 12.4. The minimum atomic E-state index is -0.195. The maximum atomic E-state index is 13.0. The van der Waals surface area contributed by atoms with E-state index in [1.165, 1.54) is 17.4 Å². The molecule has 3 N–H and O–H groups in total. The largest absolute Gasteiger partial charge is 0.361 e. The minimum Gasteiger partial charge on any atom is -0.361 e. The van der Waals surface area contributed by atoms with Crippen LogP contribution in [-0.4, -0.2) is 40.4 Å². The summed E-state index contributed by atoms with van der Waals surface area (Å²) >= 11 is 0. The quantitative estimate of drug-likeness (QED) is 0.519. The van der Waals surface area contributed by atoms with Gasteiger partial charge in [-0.25, -0.2) is 4.98 Å². The van der Waals surface area contributed by atoms with Crippen molar-refractivity contribution in [2.75, 3.05) is 25.0 Å². The maximum Gasteiger partial charge on any atom is 0.228 e. The minimum absolute atomic E-state index is 0.0988. The number of nitrogens with one attached hydrogen (secondary N) is 3. The fourth-order valence-electron chi connectivity index (χ4n) is 5.92. The van der Waals surface area contributed by atoms with Crippen LogP contribution in [0, 0.1) is 5.92 Å².